The van der Waals surface area contributed by atoms with Gasteiger partial charge in [0.05, 0.1) is 35.1 Å². The zero-order valence-electron chi connectivity index (χ0n) is 22.2. The summed E-state index contributed by atoms with van der Waals surface area (Å²) < 4.78 is 17.5. The molecule has 1 saturated heterocycles. The van der Waals surface area contributed by atoms with Gasteiger partial charge in [0.15, 0.2) is 6.29 Å². The minimum atomic E-state index is -1.12. The molecule has 2 heterocycles. The second-order valence-corrected chi connectivity index (χ2v) is 13.1. The van der Waals surface area contributed by atoms with Crippen LogP contribution in [0.2, 0.25) is 0 Å². The van der Waals surface area contributed by atoms with Crippen molar-refractivity contribution >= 4 is 6.29 Å². The van der Waals surface area contributed by atoms with Gasteiger partial charge in [-0.2, -0.15) is 0 Å². The Hall–Kier alpha value is -1.54. The molecule has 4 aliphatic carbocycles. The number of aliphatic hydroxyl groups is 2. The van der Waals surface area contributed by atoms with E-state index in [-0.39, 0.29) is 47.3 Å². The predicted molar refractivity (Wildman–Crippen MR) is 136 cm³/mol. The van der Waals surface area contributed by atoms with E-state index in [1.807, 2.05) is 6.07 Å². The molecule has 6 rings (SSSR count). The molecule has 0 aromatic carbocycles. The number of ether oxygens (including phenoxy) is 2. The van der Waals surface area contributed by atoms with E-state index < -0.39 is 16.6 Å². The first-order valence-electron chi connectivity index (χ1n) is 14.4. The standard InChI is InChI=1S/C30H42O7/c1-19-4-3-5-26(36-19)37-21-8-13-28(18-31)23-9-12-27(2)22(20-6-7-25(32)35-17-20)11-15-30(27,34)24(23)10-14-29(28,33)16-21/h6-7,17-19,21-24,26,33-34H,3-5,8-16H2,1-2H3. The normalized spacial score (nSPS) is 49.5. The number of hydrogen-bond donors (Lipinski definition) is 2. The molecule has 204 valence electrons. The van der Waals surface area contributed by atoms with Gasteiger partial charge in [-0.1, -0.05) is 6.92 Å². The van der Waals surface area contributed by atoms with E-state index in [4.69, 9.17) is 13.9 Å². The fourth-order valence-electron chi connectivity index (χ4n) is 9.63. The number of fused-ring (bicyclic) bond motifs is 5. The van der Waals surface area contributed by atoms with E-state index in [1.54, 1.807) is 6.26 Å². The van der Waals surface area contributed by atoms with Gasteiger partial charge < -0.3 is 28.9 Å². The molecule has 2 N–H and O–H groups in total. The van der Waals surface area contributed by atoms with Gasteiger partial charge in [-0.3, -0.25) is 0 Å². The van der Waals surface area contributed by atoms with Gasteiger partial charge in [0, 0.05) is 17.9 Å². The molecule has 5 aliphatic rings. The second-order valence-electron chi connectivity index (χ2n) is 13.1. The molecule has 5 fully saturated rings. The highest BCUT2D eigenvalue weighted by Crippen LogP contribution is 2.71. The van der Waals surface area contributed by atoms with E-state index >= 15 is 0 Å². The van der Waals surface area contributed by atoms with Gasteiger partial charge in [-0.05, 0) is 107 Å². The zero-order valence-corrected chi connectivity index (χ0v) is 22.2. The summed E-state index contributed by atoms with van der Waals surface area (Å²) in [6.45, 7) is 4.25. The van der Waals surface area contributed by atoms with Crippen molar-refractivity contribution in [3.8, 4) is 0 Å². The number of aldehydes is 1. The minimum absolute atomic E-state index is 0.0440. The third kappa shape index (κ3) is 3.75. The summed E-state index contributed by atoms with van der Waals surface area (Å²) >= 11 is 0. The van der Waals surface area contributed by atoms with Crippen molar-refractivity contribution in [3.63, 3.8) is 0 Å². The van der Waals surface area contributed by atoms with Gasteiger partial charge in [0.2, 0.25) is 0 Å². The lowest BCUT2D eigenvalue weighted by Gasteiger charge is -2.65. The lowest BCUT2D eigenvalue weighted by atomic mass is 9.41. The van der Waals surface area contributed by atoms with E-state index in [0.717, 1.165) is 56.8 Å². The van der Waals surface area contributed by atoms with Crippen molar-refractivity contribution in [1.29, 1.82) is 0 Å². The molecule has 4 saturated carbocycles. The third-order valence-electron chi connectivity index (χ3n) is 11.6. The van der Waals surface area contributed by atoms with Crippen LogP contribution < -0.4 is 5.63 Å². The first kappa shape index (κ1) is 25.7. The maximum Gasteiger partial charge on any atom is 0.335 e. The van der Waals surface area contributed by atoms with Gasteiger partial charge >= 0.3 is 5.63 Å². The van der Waals surface area contributed by atoms with Crippen molar-refractivity contribution in [1.82, 2.24) is 0 Å². The SMILES string of the molecule is CC1CCCC(OC2CCC3(C=O)C4CCC5(C)C(c6ccc(=O)oc6)CCC5(O)C4CCC3(O)C2)O1. The average Bonchev–Trinajstić information content (AvgIpc) is 3.15. The molecular weight excluding hydrogens is 472 g/mol. The summed E-state index contributed by atoms with van der Waals surface area (Å²) in [5.41, 5.74) is -2.67. The molecule has 10 unspecified atom stereocenters. The highest BCUT2D eigenvalue weighted by Gasteiger charge is 2.71. The largest absolute Gasteiger partial charge is 0.431 e. The maximum atomic E-state index is 13.0. The van der Waals surface area contributed by atoms with Crippen molar-refractivity contribution in [2.24, 2.45) is 22.7 Å². The van der Waals surface area contributed by atoms with Crippen molar-refractivity contribution in [2.75, 3.05) is 0 Å². The number of rotatable bonds is 4. The zero-order chi connectivity index (χ0) is 26.1. The first-order chi connectivity index (χ1) is 17.6. The molecule has 7 heteroatoms. The van der Waals surface area contributed by atoms with E-state index in [0.29, 0.717) is 32.1 Å². The number of carbonyl (C=O) groups excluding carboxylic acids is 1. The molecule has 1 aromatic heterocycles. The summed E-state index contributed by atoms with van der Waals surface area (Å²) in [5, 5.41) is 24.5. The second kappa shape index (κ2) is 9.00. The van der Waals surface area contributed by atoms with Crippen LogP contribution in [-0.2, 0) is 14.3 Å². The van der Waals surface area contributed by atoms with Crippen LogP contribution in [0.5, 0.6) is 0 Å². The summed E-state index contributed by atoms with van der Waals surface area (Å²) in [7, 11) is 0. The molecule has 0 bridgehead atoms. The lowest BCUT2D eigenvalue weighted by Crippen LogP contribution is -2.68. The smallest absolute Gasteiger partial charge is 0.335 e. The Morgan fingerprint density at radius 1 is 1.00 bits per heavy atom. The Morgan fingerprint density at radius 3 is 2.54 bits per heavy atom. The molecule has 7 nitrogen and oxygen atoms in total. The molecule has 0 radical (unpaired) electrons. The Kier molecular flexibility index (Phi) is 6.26. The summed E-state index contributed by atoms with van der Waals surface area (Å²) in [4.78, 5) is 24.5. The Balaban J connectivity index is 1.25. The monoisotopic (exact) mass is 514 g/mol. The highest BCUT2D eigenvalue weighted by molar-refractivity contribution is 5.64. The third-order valence-corrected chi connectivity index (χ3v) is 11.6. The van der Waals surface area contributed by atoms with Gasteiger partial charge in [-0.15, -0.1) is 0 Å². The van der Waals surface area contributed by atoms with Gasteiger partial charge in [0.25, 0.3) is 0 Å². The van der Waals surface area contributed by atoms with Crippen LogP contribution in [0.1, 0.15) is 102 Å². The van der Waals surface area contributed by atoms with E-state index in [9.17, 15) is 19.8 Å². The van der Waals surface area contributed by atoms with E-state index in [1.165, 1.54) is 6.07 Å². The van der Waals surface area contributed by atoms with Crippen LogP contribution in [0.3, 0.4) is 0 Å². The molecule has 1 aromatic rings. The summed E-state index contributed by atoms with van der Waals surface area (Å²) in [5.74, 6) is -0.00330. The topological polar surface area (TPSA) is 106 Å². The molecule has 10 atom stereocenters. The molecule has 1 aliphatic heterocycles. The Bertz CT molecular complexity index is 1070. The van der Waals surface area contributed by atoms with Crippen LogP contribution >= 0.6 is 0 Å². The van der Waals surface area contributed by atoms with Crippen LogP contribution in [0.15, 0.2) is 27.6 Å². The molecule has 37 heavy (non-hydrogen) atoms. The summed E-state index contributed by atoms with van der Waals surface area (Å²) in [6.07, 6.45) is 11.4. The number of hydrogen-bond acceptors (Lipinski definition) is 7. The van der Waals surface area contributed by atoms with Crippen LogP contribution in [0.4, 0.5) is 0 Å². The van der Waals surface area contributed by atoms with Gasteiger partial charge in [-0.25, -0.2) is 4.79 Å². The predicted octanol–water partition coefficient (Wildman–Crippen LogP) is 4.48. The van der Waals surface area contributed by atoms with Gasteiger partial charge in [0.1, 0.15) is 6.29 Å². The minimum Gasteiger partial charge on any atom is -0.431 e. The summed E-state index contributed by atoms with van der Waals surface area (Å²) in [6, 6.07) is 3.30. The fraction of sp³-hybridized carbons (Fsp3) is 0.800. The highest BCUT2D eigenvalue weighted by atomic mass is 16.7. The Labute approximate surface area is 218 Å². The number of carbonyl (C=O) groups is 1. The first-order valence-corrected chi connectivity index (χ1v) is 14.4. The van der Waals surface area contributed by atoms with Crippen LogP contribution in [0, 0.1) is 22.7 Å². The fourth-order valence-corrected chi connectivity index (χ4v) is 9.63. The van der Waals surface area contributed by atoms with Crippen molar-refractivity contribution < 1.29 is 28.9 Å². The molecule has 0 amide bonds. The van der Waals surface area contributed by atoms with E-state index in [2.05, 4.69) is 13.8 Å². The maximum absolute atomic E-state index is 13.0. The molecule has 0 spiro atoms. The average molecular weight is 515 g/mol. The van der Waals surface area contributed by atoms with Crippen LogP contribution in [0.25, 0.3) is 0 Å². The quantitative estimate of drug-likeness (QED) is 0.451. The van der Waals surface area contributed by atoms with Crippen LogP contribution in [-0.4, -0.2) is 46.2 Å². The van der Waals surface area contributed by atoms with Crippen molar-refractivity contribution in [2.45, 2.75) is 127 Å². The Morgan fingerprint density at radius 2 is 1.81 bits per heavy atom. The molecular formula is C30H42O7. The van der Waals surface area contributed by atoms with Crippen molar-refractivity contribution in [3.05, 3.63) is 34.4 Å². The lowest BCUT2D eigenvalue weighted by molar-refractivity contribution is -0.268.